The number of unbranched alkanes of at least 4 members (excludes halogenated alkanes) is 4. The van der Waals surface area contributed by atoms with Crippen molar-refractivity contribution in [3.8, 4) is 0 Å². The predicted octanol–water partition coefficient (Wildman–Crippen LogP) is 6.43. The SMILES string of the molecule is CCN1CCCN(C(=O)N(CCCCCCCC(=O)OCc2ccccc2)C2CC(CC(=O)OCc3ccccc3)C2)CC1. The predicted molar refractivity (Wildman–Crippen MR) is 172 cm³/mol. The molecule has 0 aromatic heterocycles. The van der Waals surface area contributed by atoms with Crippen LogP contribution in [-0.2, 0) is 32.3 Å². The van der Waals surface area contributed by atoms with Crippen molar-refractivity contribution >= 4 is 18.0 Å². The van der Waals surface area contributed by atoms with Gasteiger partial charge >= 0.3 is 18.0 Å². The Balaban J connectivity index is 1.17. The number of hydrogen-bond donors (Lipinski definition) is 0. The third-order valence-corrected chi connectivity index (χ3v) is 8.92. The molecule has 2 aromatic carbocycles. The van der Waals surface area contributed by atoms with Crippen molar-refractivity contribution in [2.75, 3.05) is 39.3 Å². The van der Waals surface area contributed by atoms with Gasteiger partial charge < -0.3 is 24.2 Å². The summed E-state index contributed by atoms with van der Waals surface area (Å²) in [5.41, 5.74) is 2.00. The molecule has 1 saturated heterocycles. The van der Waals surface area contributed by atoms with Crippen molar-refractivity contribution in [2.45, 2.75) is 90.4 Å². The standard InChI is InChI=1S/C36H51N3O5/c1-2-37-20-14-21-38(24-23-37)36(42)39(33-25-32(26-33)27-35(41)44-29-31-17-10-7-11-18-31)22-13-5-3-4-12-19-34(40)43-28-30-15-8-6-9-16-30/h6-11,15-18,32-33H,2-5,12-14,19-29H2,1H3. The number of esters is 2. The molecular formula is C36H51N3O5. The highest BCUT2D eigenvalue weighted by Gasteiger charge is 2.38. The zero-order valence-corrected chi connectivity index (χ0v) is 26.5. The number of nitrogens with zero attached hydrogens (tertiary/aromatic N) is 3. The van der Waals surface area contributed by atoms with Crippen LogP contribution in [-0.4, -0.2) is 78.0 Å². The van der Waals surface area contributed by atoms with E-state index in [4.69, 9.17) is 9.47 Å². The van der Waals surface area contributed by atoms with Gasteiger partial charge in [-0.15, -0.1) is 0 Å². The summed E-state index contributed by atoms with van der Waals surface area (Å²) in [6.07, 6.45) is 8.36. The molecule has 2 amide bonds. The van der Waals surface area contributed by atoms with E-state index in [2.05, 4.69) is 16.7 Å². The maximum atomic E-state index is 13.8. The maximum absolute atomic E-state index is 13.8. The summed E-state index contributed by atoms with van der Waals surface area (Å²) in [4.78, 5) is 44.9. The van der Waals surface area contributed by atoms with Crippen LogP contribution < -0.4 is 0 Å². The van der Waals surface area contributed by atoms with Crippen molar-refractivity contribution < 1.29 is 23.9 Å². The van der Waals surface area contributed by atoms with Gasteiger partial charge in [-0.1, -0.05) is 86.8 Å². The third-order valence-electron chi connectivity index (χ3n) is 8.92. The highest BCUT2D eigenvalue weighted by atomic mass is 16.5. The van der Waals surface area contributed by atoms with E-state index in [1.165, 1.54) is 0 Å². The van der Waals surface area contributed by atoms with Crippen LogP contribution >= 0.6 is 0 Å². The van der Waals surface area contributed by atoms with Crippen LogP contribution in [0.15, 0.2) is 60.7 Å². The Hall–Kier alpha value is -3.39. The Kier molecular flexibility index (Phi) is 14.0. The number of carbonyl (C=O) groups excluding carboxylic acids is 3. The molecule has 0 N–H and O–H groups in total. The quantitative estimate of drug-likeness (QED) is 0.162. The maximum Gasteiger partial charge on any atom is 0.320 e. The number of amides is 2. The summed E-state index contributed by atoms with van der Waals surface area (Å²) in [6, 6.07) is 19.8. The van der Waals surface area contributed by atoms with E-state index in [0.29, 0.717) is 26.1 Å². The van der Waals surface area contributed by atoms with Crippen LogP contribution in [0.1, 0.15) is 82.3 Å². The second-order valence-corrected chi connectivity index (χ2v) is 12.3. The van der Waals surface area contributed by atoms with E-state index in [-0.39, 0.29) is 29.9 Å². The number of carbonyl (C=O) groups is 3. The molecule has 1 heterocycles. The van der Waals surface area contributed by atoms with Crippen LogP contribution in [0.2, 0.25) is 0 Å². The molecule has 8 heteroatoms. The van der Waals surface area contributed by atoms with Crippen LogP contribution in [0.4, 0.5) is 4.79 Å². The Morgan fingerprint density at radius 2 is 1.36 bits per heavy atom. The number of rotatable bonds is 16. The number of ether oxygens (including phenoxy) is 2. The molecule has 1 aliphatic carbocycles. The fraction of sp³-hybridized carbons (Fsp3) is 0.583. The summed E-state index contributed by atoms with van der Waals surface area (Å²) in [5, 5.41) is 0. The van der Waals surface area contributed by atoms with Crippen LogP contribution in [0.25, 0.3) is 0 Å². The van der Waals surface area contributed by atoms with Gasteiger partial charge in [-0.3, -0.25) is 9.59 Å². The highest BCUT2D eigenvalue weighted by Crippen LogP contribution is 2.35. The molecule has 4 rings (SSSR count). The monoisotopic (exact) mass is 605 g/mol. The molecule has 2 fully saturated rings. The minimum atomic E-state index is -0.161. The average molecular weight is 606 g/mol. The van der Waals surface area contributed by atoms with Crippen molar-refractivity contribution in [3.63, 3.8) is 0 Å². The fourth-order valence-electron chi connectivity index (χ4n) is 6.14. The van der Waals surface area contributed by atoms with Crippen molar-refractivity contribution in [3.05, 3.63) is 71.8 Å². The summed E-state index contributed by atoms with van der Waals surface area (Å²) in [6.45, 7) is 8.09. The third kappa shape index (κ3) is 11.3. The van der Waals surface area contributed by atoms with Gasteiger partial charge in [-0.2, -0.15) is 0 Å². The molecule has 2 aromatic rings. The number of hydrogen-bond acceptors (Lipinski definition) is 6. The lowest BCUT2D eigenvalue weighted by atomic mass is 9.77. The second-order valence-electron chi connectivity index (χ2n) is 12.3. The van der Waals surface area contributed by atoms with E-state index in [1.807, 2.05) is 65.6 Å². The molecule has 1 saturated carbocycles. The number of likely N-dealkylation sites (N-methyl/N-ethyl adjacent to an activating group) is 1. The van der Waals surface area contributed by atoms with E-state index < -0.39 is 0 Å². The van der Waals surface area contributed by atoms with Crippen LogP contribution in [0.5, 0.6) is 0 Å². The fourth-order valence-corrected chi connectivity index (χ4v) is 6.14. The minimum Gasteiger partial charge on any atom is -0.461 e. The van der Waals surface area contributed by atoms with Crippen LogP contribution in [0.3, 0.4) is 0 Å². The molecular weight excluding hydrogens is 554 g/mol. The van der Waals surface area contributed by atoms with Crippen LogP contribution in [0, 0.1) is 5.92 Å². The summed E-state index contributed by atoms with van der Waals surface area (Å²) >= 11 is 0. The molecule has 44 heavy (non-hydrogen) atoms. The average Bonchev–Trinajstić information content (AvgIpc) is 3.29. The molecule has 0 unspecified atom stereocenters. The normalized spacial score (nSPS) is 18.6. The molecule has 0 bridgehead atoms. The van der Waals surface area contributed by atoms with E-state index in [9.17, 15) is 14.4 Å². The van der Waals surface area contributed by atoms with Gasteiger partial charge in [0.15, 0.2) is 0 Å². The molecule has 1 aliphatic heterocycles. The lowest BCUT2D eigenvalue weighted by molar-refractivity contribution is -0.147. The van der Waals surface area contributed by atoms with Gasteiger partial charge in [-0.05, 0) is 62.2 Å². The highest BCUT2D eigenvalue weighted by molar-refractivity contribution is 5.75. The second kappa shape index (κ2) is 18.4. The molecule has 0 spiro atoms. The van der Waals surface area contributed by atoms with Gasteiger partial charge in [0, 0.05) is 45.1 Å². The first kappa shape index (κ1) is 33.5. The Bertz CT molecular complexity index is 1140. The summed E-state index contributed by atoms with van der Waals surface area (Å²) in [5.74, 6) is -0.0422. The van der Waals surface area contributed by atoms with Gasteiger partial charge in [0.05, 0.1) is 0 Å². The van der Waals surface area contributed by atoms with Crippen molar-refractivity contribution in [1.29, 1.82) is 0 Å². The first-order chi connectivity index (χ1) is 21.5. The number of benzene rings is 2. The number of urea groups is 1. The van der Waals surface area contributed by atoms with Gasteiger partial charge in [0.2, 0.25) is 0 Å². The molecule has 0 radical (unpaired) electrons. The van der Waals surface area contributed by atoms with Gasteiger partial charge in [0.1, 0.15) is 13.2 Å². The first-order valence-corrected chi connectivity index (χ1v) is 16.7. The summed E-state index contributed by atoms with van der Waals surface area (Å²) in [7, 11) is 0. The van der Waals surface area contributed by atoms with Crippen molar-refractivity contribution in [2.24, 2.45) is 5.92 Å². The smallest absolute Gasteiger partial charge is 0.320 e. The molecule has 240 valence electrons. The van der Waals surface area contributed by atoms with E-state index in [0.717, 1.165) is 102 Å². The lowest BCUT2D eigenvalue weighted by Gasteiger charge is -2.44. The van der Waals surface area contributed by atoms with Gasteiger partial charge in [0.25, 0.3) is 0 Å². The van der Waals surface area contributed by atoms with Gasteiger partial charge in [-0.25, -0.2) is 4.79 Å². The Morgan fingerprint density at radius 1 is 0.750 bits per heavy atom. The zero-order chi connectivity index (χ0) is 31.0. The lowest BCUT2D eigenvalue weighted by Crippen LogP contribution is -2.54. The van der Waals surface area contributed by atoms with E-state index in [1.54, 1.807) is 0 Å². The minimum absolute atomic E-state index is 0.145. The molecule has 8 nitrogen and oxygen atoms in total. The topological polar surface area (TPSA) is 79.4 Å². The first-order valence-electron chi connectivity index (χ1n) is 16.7. The Labute approximate surface area is 263 Å². The molecule has 0 atom stereocenters. The van der Waals surface area contributed by atoms with E-state index >= 15 is 0 Å². The zero-order valence-electron chi connectivity index (χ0n) is 26.5. The molecule has 2 aliphatic rings. The largest absolute Gasteiger partial charge is 0.461 e. The summed E-state index contributed by atoms with van der Waals surface area (Å²) < 4.78 is 10.9. The van der Waals surface area contributed by atoms with Crippen molar-refractivity contribution in [1.82, 2.24) is 14.7 Å². The Morgan fingerprint density at radius 3 is 2.02 bits per heavy atom.